The average Bonchev–Trinajstić information content (AvgIpc) is 3.32. The van der Waals surface area contributed by atoms with Gasteiger partial charge in [-0.3, -0.25) is 19.3 Å². The quantitative estimate of drug-likeness (QED) is 0.112. The molecule has 2 atom stereocenters. The maximum atomic E-state index is 13.9. The highest BCUT2D eigenvalue weighted by Crippen LogP contribution is 2.69. The minimum Gasteiger partial charge on any atom is -0.457 e. The van der Waals surface area contributed by atoms with Crippen molar-refractivity contribution in [3.8, 4) is 11.5 Å². The van der Waals surface area contributed by atoms with Crippen LogP contribution in [0.1, 0.15) is 59.1 Å². The van der Waals surface area contributed by atoms with E-state index in [0.29, 0.717) is 37.1 Å². The van der Waals surface area contributed by atoms with Crippen LogP contribution in [0.2, 0.25) is 0 Å². The molecule has 8 rings (SSSR count). The SMILES string of the molecule is Cc1cccc(Oc2ccc(NC(=O)CCCCCN3C(=O)[C@@H]4[C@@H](C3=O)C3(Cl)c5ccccc5C4(Cl)c4ccccc43)cc2)c1C. The van der Waals surface area contributed by atoms with Gasteiger partial charge in [0.25, 0.3) is 0 Å². The third kappa shape index (κ3) is 4.65. The second-order valence-electron chi connectivity index (χ2n) is 12.5. The van der Waals surface area contributed by atoms with E-state index in [4.69, 9.17) is 27.9 Å². The molecule has 1 fully saturated rings. The molecule has 2 bridgehead atoms. The Labute approximate surface area is 278 Å². The molecule has 1 saturated heterocycles. The van der Waals surface area contributed by atoms with E-state index in [1.54, 1.807) is 0 Å². The molecule has 0 spiro atoms. The van der Waals surface area contributed by atoms with E-state index in [9.17, 15) is 14.4 Å². The molecule has 234 valence electrons. The van der Waals surface area contributed by atoms with Crippen LogP contribution in [0.25, 0.3) is 0 Å². The van der Waals surface area contributed by atoms with E-state index in [0.717, 1.165) is 39.1 Å². The van der Waals surface area contributed by atoms with Crippen molar-refractivity contribution in [2.75, 3.05) is 11.9 Å². The number of unbranched alkanes of at least 4 members (excludes halogenated alkanes) is 2. The van der Waals surface area contributed by atoms with Gasteiger partial charge in [0.05, 0.1) is 11.8 Å². The van der Waals surface area contributed by atoms with Crippen molar-refractivity contribution >= 4 is 46.6 Å². The number of rotatable bonds is 9. The lowest BCUT2D eigenvalue weighted by atomic mass is 9.54. The van der Waals surface area contributed by atoms with Gasteiger partial charge in [-0.1, -0.05) is 67.1 Å². The summed E-state index contributed by atoms with van der Waals surface area (Å²) in [5, 5.41) is 2.93. The molecular formula is C38H34Cl2N2O4. The standard InChI is InChI=1S/C38H34Cl2N2O4/c1-23-11-10-16-31(24(23)2)46-26-20-18-25(19-21-26)41-32(43)17-4-3-9-22-42-35(44)33-34(36(42)45)38(40)28-13-6-5-12-27(28)37(33,39)29-14-7-8-15-30(29)38/h5-8,10-16,18-21,33-34H,3-4,9,17,22H2,1-2H3,(H,41,43)/t33-,34-,37?,38?/m0/s1. The van der Waals surface area contributed by atoms with Crippen LogP contribution in [0, 0.1) is 25.7 Å². The number of anilines is 1. The molecule has 6 nitrogen and oxygen atoms in total. The van der Waals surface area contributed by atoms with Gasteiger partial charge >= 0.3 is 0 Å². The van der Waals surface area contributed by atoms with Gasteiger partial charge in [-0.25, -0.2) is 0 Å². The van der Waals surface area contributed by atoms with Crippen LogP contribution in [0.3, 0.4) is 0 Å². The molecular weight excluding hydrogens is 619 g/mol. The van der Waals surface area contributed by atoms with Gasteiger partial charge in [0.15, 0.2) is 0 Å². The van der Waals surface area contributed by atoms with Crippen molar-refractivity contribution in [1.82, 2.24) is 4.90 Å². The summed E-state index contributed by atoms with van der Waals surface area (Å²) in [6.07, 6.45) is 2.21. The van der Waals surface area contributed by atoms with Crippen LogP contribution in [0.4, 0.5) is 5.69 Å². The molecule has 0 saturated carbocycles. The highest BCUT2D eigenvalue weighted by molar-refractivity contribution is 6.36. The highest BCUT2D eigenvalue weighted by atomic mass is 35.5. The van der Waals surface area contributed by atoms with E-state index in [1.165, 1.54) is 4.90 Å². The number of hydrogen-bond acceptors (Lipinski definition) is 4. The number of likely N-dealkylation sites (tertiary alicyclic amines) is 1. The van der Waals surface area contributed by atoms with E-state index >= 15 is 0 Å². The Morgan fingerprint density at radius 1 is 0.739 bits per heavy atom. The largest absolute Gasteiger partial charge is 0.457 e. The van der Waals surface area contributed by atoms with Crippen molar-refractivity contribution in [2.45, 2.75) is 49.3 Å². The Balaban J connectivity index is 0.951. The van der Waals surface area contributed by atoms with Crippen molar-refractivity contribution < 1.29 is 19.1 Å². The van der Waals surface area contributed by atoms with E-state index in [1.807, 2.05) is 105 Å². The summed E-state index contributed by atoms with van der Waals surface area (Å²) in [7, 11) is 0. The summed E-state index contributed by atoms with van der Waals surface area (Å²) in [6, 6.07) is 28.5. The van der Waals surface area contributed by atoms with Gasteiger partial charge in [-0.05, 0) is 90.4 Å². The summed E-state index contributed by atoms with van der Waals surface area (Å²) in [5.74, 6) is -0.718. The van der Waals surface area contributed by atoms with Gasteiger partial charge in [-0.2, -0.15) is 0 Å². The molecule has 8 heteroatoms. The molecule has 3 amide bonds. The van der Waals surface area contributed by atoms with Gasteiger partial charge in [0, 0.05) is 18.7 Å². The van der Waals surface area contributed by atoms with Crippen molar-refractivity contribution in [3.05, 3.63) is 124 Å². The first-order valence-electron chi connectivity index (χ1n) is 15.7. The van der Waals surface area contributed by atoms with Crippen LogP contribution in [-0.2, 0) is 24.1 Å². The summed E-state index contributed by atoms with van der Waals surface area (Å²) >= 11 is 15.0. The van der Waals surface area contributed by atoms with Gasteiger partial charge in [0.2, 0.25) is 17.7 Å². The van der Waals surface area contributed by atoms with Gasteiger partial charge < -0.3 is 10.1 Å². The van der Waals surface area contributed by atoms with Gasteiger partial charge in [0.1, 0.15) is 21.2 Å². The Morgan fingerprint density at radius 3 is 1.83 bits per heavy atom. The molecule has 0 radical (unpaired) electrons. The Kier molecular flexibility index (Phi) is 7.69. The number of carbonyl (C=O) groups excluding carboxylic acids is 3. The maximum absolute atomic E-state index is 13.9. The molecule has 4 aliphatic rings. The predicted octanol–water partition coefficient (Wildman–Crippen LogP) is 8.19. The third-order valence-electron chi connectivity index (χ3n) is 9.88. The molecule has 1 aliphatic heterocycles. The molecule has 4 aromatic carbocycles. The van der Waals surface area contributed by atoms with E-state index in [-0.39, 0.29) is 24.3 Å². The molecule has 1 heterocycles. The fourth-order valence-corrected chi connectivity index (χ4v) is 8.57. The molecule has 4 aromatic rings. The zero-order chi connectivity index (χ0) is 32.2. The zero-order valence-electron chi connectivity index (χ0n) is 25.7. The van der Waals surface area contributed by atoms with Gasteiger partial charge in [-0.15, -0.1) is 23.2 Å². The summed E-state index contributed by atoms with van der Waals surface area (Å²) in [4.78, 5) is 39.5. The number of alkyl halides is 2. The maximum Gasteiger partial charge on any atom is 0.235 e. The number of benzene rings is 4. The average molecular weight is 654 g/mol. The number of halogens is 2. The number of hydrogen-bond donors (Lipinski definition) is 1. The lowest BCUT2D eigenvalue weighted by Gasteiger charge is -2.54. The first-order chi connectivity index (χ1) is 22.2. The second-order valence-corrected chi connectivity index (χ2v) is 13.7. The summed E-state index contributed by atoms with van der Waals surface area (Å²) in [5.41, 5.74) is 6.12. The molecule has 1 N–H and O–H groups in total. The fourth-order valence-electron chi connectivity index (χ4n) is 7.47. The Bertz CT molecular complexity index is 1750. The molecule has 46 heavy (non-hydrogen) atoms. The minimum atomic E-state index is -1.17. The smallest absolute Gasteiger partial charge is 0.235 e. The normalized spacial score (nSPS) is 24.0. The number of imide groups is 1. The Hall–Kier alpha value is -4.13. The molecule has 0 unspecified atom stereocenters. The van der Waals surface area contributed by atoms with Crippen LogP contribution < -0.4 is 10.1 Å². The predicted molar refractivity (Wildman–Crippen MR) is 179 cm³/mol. The number of ether oxygens (including phenoxy) is 1. The summed E-state index contributed by atoms with van der Waals surface area (Å²) in [6.45, 7) is 4.34. The topological polar surface area (TPSA) is 75.7 Å². The minimum absolute atomic E-state index is 0.0946. The van der Waals surface area contributed by atoms with Crippen LogP contribution >= 0.6 is 23.2 Å². The summed E-state index contributed by atoms with van der Waals surface area (Å²) < 4.78 is 6.01. The number of nitrogens with one attached hydrogen (secondary N) is 1. The van der Waals surface area contributed by atoms with Crippen molar-refractivity contribution in [2.24, 2.45) is 11.8 Å². The second kappa shape index (κ2) is 11.6. The van der Waals surface area contributed by atoms with E-state index < -0.39 is 21.6 Å². The fraction of sp³-hybridized carbons (Fsp3) is 0.289. The zero-order valence-corrected chi connectivity index (χ0v) is 27.2. The van der Waals surface area contributed by atoms with Crippen molar-refractivity contribution in [3.63, 3.8) is 0 Å². The first-order valence-corrected chi connectivity index (χ1v) is 16.5. The number of carbonyl (C=O) groups is 3. The van der Waals surface area contributed by atoms with Crippen LogP contribution in [0.15, 0.2) is 91.0 Å². The lowest BCUT2D eigenvalue weighted by molar-refractivity contribution is -0.140. The molecule has 3 aliphatic carbocycles. The van der Waals surface area contributed by atoms with E-state index in [2.05, 4.69) is 5.32 Å². The third-order valence-corrected chi connectivity index (χ3v) is 11.2. The number of aryl methyl sites for hydroxylation is 1. The van der Waals surface area contributed by atoms with Crippen LogP contribution in [-0.4, -0.2) is 29.2 Å². The lowest BCUT2D eigenvalue weighted by Crippen LogP contribution is -2.57. The number of amides is 3. The highest BCUT2D eigenvalue weighted by Gasteiger charge is 2.72. The number of nitrogens with zero attached hydrogens (tertiary/aromatic N) is 1. The van der Waals surface area contributed by atoms with Crippen molar-refractivity contribution in [1.29, 1.82) is 0 Å². The Morgan fingerprint density at radius 2 is 1.28 bits per heavy atom. The first kappa shape index (κ1) is 30.5. The monoisotopic (exact) mass is 652 g/mol. The van der Waals surface area contributed by atoms with Crippen LogP contribution in [0.5, 0.6) is 11.5 Å². The molecule has 0 aromatic heterocycles.